The van der Waals surface area contributed by atoms with Crippen molar-refractivity contribution in [2.75, 3.05) is 20.2 Å². The van der Waals surface area contributed by atoms with Crippen LogP contribution in [-0.4, -0.2) is 26.0 Å². The van der Waals surface area contributed by atoms with E-state index >= 15 is 0 Å². The van der Waals surface area contributed by atoms with Crippen molar-refractivity contribution in [1.82, 2.24) is 5.32 Å². The Morgan fingerprint density at radius 2 is 2.29 bits per heavy atom. The predicted molar refractivity (Wildman–Crippen MR) is 67.4 cm³/mol. The first-order valence-corrected chi connectivity index (χ1v) is 6.07. The van der Waals surface area contributed by atoms with Gasteiger partial charge in [0.05, 0.1) is 7.11 Å². The van der Waals surface area contributed by atoms with E-state index in [1.807, 2.05) is 19.1 Å². The van der Waals surface area contributed by atoms with Crippen molar-refractivity contribution in [1.29, 1.82) is 0 Å². The number of methoxy groups -OCH3 is 1. The normalized spacial score (nSPS) is 20.4. The molecule has 2 rings (SSSR count). The summed E-state index contributed by atoms with van der Waals surface area (Å²) in [5.74, 6) is 1.43. The molecule has 1 saturated heterocycles. The second kappa shape index (κ2) is 5.32. The van der Waals surface area contributed by atoms with Gasteiger partial charge in [-0.2, -0.15) is 0 Å². The summed E-state index contributed by atoms with van der Waals surface area (Å²) in [5, 5.41) is 3.28. The molecule has 0 radical (unpaired) electrons. The third kappa shape index (κ3) is 2.86. The molecule has 92 valence electrons. The number of Topliss-reactive ketones (excluding diaryl/α,β-unsaturated/α-hetero) is 1. The maximum Gasteiger partial charge on any atom is 0.138 e. The van der Waals surface area contributed by atoms with Crippen molar-refractivity contribution in [2.45, 2.75) is 19.8 Å². The predicted octanol–water partition coefficient (Wildman–Crippen LogP) is 1.72. The van der Waals surface area contributed by atoms with Crippen LogP contribution >= 0.6 is 0 Å². The lowest BCUT2D eigenvalue weighted by Gasteiger charge is -2.21. The maximum absolute atomic E-state index is 11.7. The van der Waals surface area contributed by atoms with Gasteiger partial charge in [0.15, 0.2) is 0 Å². The van der Waals surface area contributed by atoms with Gasteiger partial charge in [-0.3, -0.25) is 4.79 Å². The van der Waals surface area contributed by atoms with Crippen molar-refractivity contribution in [3.63, 3.8) is 0 Å². The number of aryl methyl sites for hydroxylation is 1. The number of rotatable bonds is 3. The number of hydrogen-bond donors (Lipinski definition) is 1. The van der Waals surface area contributed by atoms with E-state index in [0.717, 1.165) is 30.8 Å². The number of carbonyl (C=O) groups excluding carboxylic acids is 1. The Bertz CT molecular complexity index is 415. The molecule has 1 unspecified atom stereocenters. The molecule has 0 aliphatic carbocycles. The van der Waals surface area contributed by atoms with E-state index in [1.165, 1.54) is 5.56 Å². The van der Waals surface area contributed by atoms with Crippen molar-refractivity contribution in [3.05, 3.63) is 29.3 Å². The average Bonchev–Trinajstić information content (AvgIpc) is 2.32. The summed E-state index contributed by atoms with van der Waals surface area (Å²) in [5.41, 5.74) is 2.34. The van der Waals surface area contributed by atoms with Crippen LogP contribution in [0.25, 0.3) is 0 Å². The minimum Gasteiger partial charge on any atom is -0.496 e. The Hall–Kier alpha value is -1.35. The molecule has 3 nitrogen and oxygen atoms in total. The van der Waals surface area contributed by atoms with Crippen molar-refractivity contribution < 1.29 is 9.53 Å². The average molecular weight is 233 g/mol. The Balaban J connectivity index is 2.07. The van der Waals surface area contributed by atoms with E-state index in [1.54, 1.807) is 7.11 Å². The molecule has 1 aromatic carbocycles. The van der Waals surface area contributed by atoms with Gasteiger partial charge in [0.2, 0.25) is 0 Å². The lowest BCUT2D eigenvalue weighted by Crippen LogP contribution is -2.37. The molecule has 1 N–H and O–H groups in total. The summed E-state index contributed by atoms with van der Waals surface area (Å²) in [6, 6.07) is 6.14. The van der Waals surface area contributed by atoms with E-state index in [2.05, 4.69) is 11.4 Å². The second-order valence-corrected chi connectivity index (χ2v) is 4.63. The lowest BCUT2D eigenvalue weighted by atomic mass is 9.90. The van der Waals surface area contributed by atoms with E-state index in [0.29, 0.717) is 12.2 Å². The SMILES string of the molecule is COc1ccc(CC2CNCCC2=O)cc1C. The highest BCUT2D eigenvalue weighted by atomic mass is 16.5. The molecule has 1 aliphatic rings. The van der Waals surface area contributed by atoms with Crippen LogP contribution in [0.1, 0.15) is 17.5 Å². The Morgan fingerprint density at radius 1 is 1.47 bits per heavy atom. The molecular formula is C14H19NO2. The number of ether oxygens (including phenoxy) is 1. The third-order valence-electron chi connectivity index (χ3n) is 3.34. The van der Waals surface area contributed by atoms with E-state index in [-0.39, 0.29) is 5.92 Å². The smallest absolute Gasteiger partial charge is 0.138 e. The number of carbonyl (C=O) groups is 1. The van der Waals surface area contributed by atoms with Crippen LogP contribution in [-0.2, 0) is 11.2 Å². The van der Waals surface area contributed by atoms with Gasteiger partial charge in [-0.05, 0) is 30.5 Å². The standard InChI is InChI=1S/C14H19NO2/c1-10-7-11(3-4-14(10)17-2)8-12-9-15-6-5-13(12)16/h3-4,7,12,15H,5-6,8-9H2,1-2H3. The number of ketones is 1. The van der Waals surface area contributed by atoms with Crippen LogP contribution in [0.5, 0.6) is 5.75 Å². The molecule has 0 spiro atoms. The number of nitrogens with one attached hydrogen (secondary N) is 1. The zero-order valence-electron chi connectivity index (χ0n) is 10.5. The largest absolute Gasteiger partial charge is 0.496 e. The first-order chi connectivity index (χ1) is 8.20. The van der Waals surface area contributed by atoms with Gasteiger partial charge >= 0.3 is 0 Å². The monoisotopic (exact) mass is 233 g/mol. The molecule has 1 heterocycles. The molecular weight excluding hydrogens is 214 g/mol. The molecule has 0 aromatic heterocycles. The number of benzene rings is 1. The van der Waals surface area contributed by atoms with E-state index in [9.17, 15) is 4.79 Å². The third-order valence-corrected chi connectivity index (χ3v) is 3.34. The van der Waals surface area contributed by atoms with Crippen LogP contribution in [0.4, 0.5) is 0 Å². The first-order valence-electron chi connectivity index (χ1n) is 6.07. The highest BCUT2D eigenvalue weighted by Gasteiger charge is 2.22. The highest BCUT2D eigenvalue weighted by molar-refractivity contribution is 5.82. The Morgan fingerprint density at radius 3 is 2.94 bits per heavy atom. The molecule has 0 bridgehead atoms. The van der Waals surface area contributed by atoms with Crippen LogP contribution in [0.3, 0.4) is 0 Å². The number of hydrogen-bond acceptors (Lipinski definition) is 3. The van der Waals surface area contributed by atoms with Gasteiger partial charge in [-0.15, -0.1) is 0 Å². The quantitative estimate of drug-likeness (QED) is 0.864. The summed E-state index contributed by atoms with van der Waals surface area (Å²) < 4.78 is 5.23. The van der Waals surface area contributed by atoms with Crippen LogP contribution in [0.15, 0.2) is 18.2 Å². The van der Waals surface area contributed by atoms with Gasteiger partial charge in [0.25, 0.3) is 0 Å². The van der Waals surface area contributed by atoms with Crippen molar-refractivity contribution in [2.24, 2.45) is 5.92 Å². The fourth-order valence-electron chi connectivity index (χ4n) is 2.34. The molecule has 1 aliphatic heterocycles. The molecule has 0 saturated carbocycles. The zero-order valence-corrected chi connectivity index (χ0v) is 10.5. The minimum atomic E-state index is 0.136. The van der Waals surface area contributed by atoms with Gasteiger partial charge in [-0.25, -0.2) is 0 Å². The lowest BCUT2D eigenvalue weighted by molar-refractivity contribution is -0.123. The van der Waals surface area contributed by atoms with Crippen LogP contribution in [0, 0.1) is 12.8 Å². The van der Waals surface area contributed by atoms with Crippen LogP contribution in [0.2, 0.25) is 0 Å². The highest BCUT2D eigenvalue weighted by Crippen LogP contribution is 2.21. The van der Waals surface area contributed by atoms with Gasteiger partial charge in [0, 0.05) is 25.4 Å². The molecule has 3 heteroatoms. The molecule has 0 amide bonds. The summed E-state index contributed by atoms with van der Waals surface area (Å²) in [6.45, 7) is 3.67. The summed E-state index contributed by atoms with van der Waals surface area (Å²) in [4.78, 5) is 11.7. The minimum absolute atomic E-state index is 0.136. The van der Waals surface area contributed by atoms with Crippen molar-refractivity contribution in [3.8, 4) is 5.75 Å². The molecule has 1 fully saturated rings. The van der Waals surface area contributed by atoms with Crippen molar-refractivity contribution >= 4 is 5.78 Å². The number of piperidine rings is 1. The first kappa shape index (κ1) is 12.1. The molecule has 1 aromatic rings. The van der Waals surface area contributed by atoms with Gasteiger partial charge in [0.1, 0.15) is 11.5 Å². The Kier molecular flexibility index (Phi) is 3.79. The van der Waals surface area contributed by atoms with Gasteiger partial charge in [-0.1, -0.05) is 12.1 Å². The fourth-order valence-corrected chi connectivity index (χ4v) is 2.34. The zero-order chi connectivity index (χ0) is 12.3. The Labute approximate surface area is 102 Å². The summed E-state index contributed by atoms with van der Waals surface area (Å²) >= 11 is 0. The second-order valence-electron chi connectivity index (χ2n) is 4.63. The topological polar surface area (TPSA) is 38.3 Å². The molecule has 1 atom stereocenters. The van der Waals surface area contributed by atoms with E-state index < -0.39 is 0 Å². The summed E-state index contributed by atoms with van der Waals surface area (Å²) in [6.07, 6.45) is 1.50. The van der Waals surface area contributed by atoms with E-state index in [4.69, 9.17) is 4.74 Å². The fraction of sp³-hybridized carbons (Fsp3) is 0.500. The molecule has 17 heavy (non-hydrogen) atoms. The maximum atomic E-state index is 11.7. The van der Waals surface area contributed by atoms with Gasteiger partial charge < -0.3 is 10.1 Å². The summed E-state index contributed by atoms with van der Waals surface area (Å²) in [7, 11) is 1.68. The van der Waals surface area contributed by atoms with Crippen LogP contribution < -0.4 is 10.1 Å².